The summed E-state index contributed by atoms with van der Waals surface area (Å²) in [5.41, 5.74) is 3.62. The molecule has 5 heteroatoms. The molecule has 0 heterocycles. The highest BCUT2D eigenvalue weighted by Crippen LogP contribution is 2.13. The van der Waals surface area contributed by atoms with Crippen LogP contribution in [0.2, 0.25) is 0 Å². The third-order valence-corrected chi connectivity index (χ3v) is 1.38. The molecule has 0 atom stereocenters. The monoisotopic (exact) mass is 190 g/mol. The number of terminal acetylenes is 1. The number of halogens is 2. The Labute approximate surface area is 75.7 Å². The van der Waals surface area contributed by atoms with Crippen LogP contribution in [0.25, 0.3) is 0 Å². The van der Waals surface area contributed by atoms with Gasteiger partial charge in [-0.2, -0.15) is 8.78 Å². The molecule has 0 aliphatic rings. The molecule has 0 saturated heterocycles. The van der Waals surface area contributed by atoms with E-state index in [1.54, 1.807) is 0 Å². The Balaban J connectivity index is 4.43. The van der Waals surface area contributed by atoms with Crippen LogP contribution < -0.4 is 11.1 Å². The second kappa shape index (κ2) is 3.71. The van der Waals surface area contributed by atoms with E-state index in [-0.39, 0.29) is 0 Å². The lowest BCUT2D eigenvalue weighted by Crippen LogP contribution is -2.52. The van der Waals surface area contributed by atoms with E-state index in [1.807, 2.05) is 5.32 Å². The molecule has 1 amide bonds. The van der Waals surface area contributed by atoms with Crippen LogP contribution in [0, 0.1) is 12.3 Å². The molecule has 3 nitrogen and oxygen atoms in total. The third-order valence-electron chi connectivity index (χ3n) is 1.38. The number of nitrogens with two attached hydrogens (primary N) is 1. The van der Waals surface area contributed by atoms with Gasteiger partial charge in [0.15, 0.2) is 0 Å². The van der Waals surface area contributed by atoms with Crippen LogP contribution in [-0.2, 0) is 4.79 Å². The van der Waals surface area contributed by atoms with Crippen molar-refractivity contribution in [2.75, 3.05) is 6.54 Å². The average Bonchev–Trinajstić information content (AvgIpc) is 2.04. The largest absolute Gasteiger partial charge is 0.336 e. The number of carbonyl (C=O) groups excluding carboxylic acids is 1. The van der Waals surface area contributed by atoms with E-state index < -0.39 is 23.9 Å². The fourth-order valence-electron chi connectivity index (χ4n) is 0.504. The lowest BCUT2D eigenvalue weighted by Gasteiger charge is -2.22. The molecule has 0 aromatic carbocycles. The normalized spacial score (nSPS) is 12.0. The molecule has 0 aromatic heterocycles. The summed E-state index contributed by atoms with van der Waals surface area (Å²) in [5.74, 6) is -2.85. The fourth-order valence-corrected chi connectivity index (χ4v) is 0.504. The molecule has 0 fully saturated rings. The highest BCUT2D eigenvalue weighted by Gasteiger charge is 2.39. The maximum absolute atomic E-state index is 12.6. The molecular formula is C8H12F2N2O. The first kappa shape index (κ1) is 11.8. The molecule has 0 saturated carbocycles. The van der Waals surface area contributed by atoms with Gasteiger partial charge in [0.05, 0.1) is 12.1 Å². The standard InChI is InChI=1S/C8H12F2N2O/c1-4-7(2,3)12-6(13)8(9,10)5-11/h1H,5,11H2,2-3H3,(H,12,13). The number of amides is 1. The van der Waals surface area contributed by atoms with Gasteiger partial charge in [-0.3, -0.25) is 4.79 Å². The third kappa shape index (κ3) is 3.38. The van der Waals surface area contributed by atoms with Crippen LogP contribution in [0.3, 0.4) is 0 Å². The van der Waals surface area contributed by atoms with E-state index in [0.717, 1.165) is 0 Å². The summed E-state index contributed by atoms with van der Waals surface area (Å²) >= 11 is 0. The number of nitrogens with one attached hydrogen (secondary N) is 1. The first-order chi connectivity index (χ1) is 5.75. The van der Waals surface area contributed by atoms with Gasteiger partial charge in [-0.1, -0.05) is 5.92 Å². The van der Waals surface area contributed by atoms with Crippen LogP contribution in [-0.4, -0.2) is 23.9 Å². The van der Waals surface area contributed by atoms with Crippen LogP contribution in [0.5, 0.6) is 0 Å². The summed E-state index contributed by atoms with van der Waals surface area (Å²) in [5, 5.41) is 1.99. The zero-order valence-corrected chi connectivity index (χ0v) is 7.53. The Kier molecular flexibility index (Phi) is 3.38. The smallest absolute Gasteiger partial charge is 0.335 e. The summed E-state index contributed by atoms with van der Waals surface area (Å²) < 4.78 is 25.2. The van der Waals surface area contributed by atoms with Gasteiger partial charge >= 0.3 is 5.92 Å². The second-order valence-corrected chi connectivity index (χ2v) is 3.13. The fraction of sp³-hybridized carbons (Fsp3) is 0.625. The number of carbonyl (C=O) groups is 1. The van der Waals surface area contributed by atoms with Crippen molar-refractivity contribution in [2.24, 2.45) is 5.73 Å². The lowest BCUT2D eigenvalue weighted by atomic mass is 10.1. The summed E-state index contributed by atoms with van der Waals surface area (Å²) in [4.78, 5) is 10.8. The van der Waals surface area contributed by atoms with Gasteiger partial charge in [0.2, 0.25) is 0 Å². The van der Waals surface area contributed by atoms with E-state index in [0.29, 0.717) is 0 Å². The summed E-state index contributed by atoms with van der Waals surface area (Å²) in [7, 11) is 0. The number of alkyl halides is 2. The Morgan fingerprint density at radius 1 is 1.62 bits per heavy atom. The van der Waals surface area contributed by atoms with Gasteiger partial charge in [-0.15, -0.1) is 6.42 Å². The first-order valence-electron chi connectivity index (χ1n) is 3.63. The maximum atomic E-state index is 12.6. The van der Waals surface area contributed by atoms with Gasteiger partial charge in [-0.05, 0) is 13.8 Å². The van der Waals surface area contributed by atoms with Crippen molar-refractivity contribution in [3.05, 3.63) is 0 Å². The minimum Gasteiger partial charge on any atom is -0.335 e. The Morgan fingerprint density at radius 2 is 2.08 bits per heavy atom. The maximum Gasteiger partial charge on any atom is 0.336 e. The molecule has 0 unspecified atom stereocenters. The molecule has 13 heavy (non-hydrogen) atoms. The van der Waals surface area contributed by atoms with E-state index in [2.05, 4.69) is 5.92 Å². The van der Waals surface area contributed by atoms with Crippen LogP contribution in [0.1, 0.15) is 13.8 Å². The number of hydrogen-bond acceptors (Lipinski definition) is 2. The Morgan fingerprint density at radius 3 is 2.38 bits per heavy atom. The zero-order valence-electron chi connectivity index (χ0n) is 7.53. The van der Waals surface area contributed by atoms with Crippen LogP contribution >= 0.6 is 0 Å². The van der Waals surface area contributed by atoms with Gasteiger partial charge < -0.3 is 11.1 Å². The highest BCUT2D eigenvalue weighted by atomic mass is 19.3. The van der Waals surface area contributed by atoms with Crippen molar-refractivity contribution in [1.82, 2.24) is 5.32 Å². The summed E-state index contributed by atoms with van der Waals surface area (Å²) in [6, 6.07) is 0. The van der Waals surface area contributed by atoms with Crippen molar-refractivity contribution in [3.63, 3.8) is 0 Å². The van der Waals surface area contributed by atoms with Crippen molar-refractivity contribution in [3.8, 4) is 12.3 Å². The molecule has 0 bridgehead atoms. The van der Waals surface area contributed by atoms with Crippen molar-refractivity contribution in [1.29, 1.82) is 0 Å². The Hall–Kier alpha value is -1.15. The van der Waals surface area contributed by atoms with Crippen LogP contribution in [0.4, 0.5) is 8.78 Å². The van der Waals surface area contributed by atoms with Crippen molar-refractivity contribution in [2.45, 2.75) is 25.3 Å². The predicted molar refractivity (Wildman–Crippen MR) is 45.1 cm³/mol. The minimum atomic E-state index is -3.56. The quantitative estimate of drug-likeness (QED) is 0.620. The lowest BCUT2D eigenvalue weighted by molar-refractivity contribution is -0.145. The second-order valence-electron chi connectivity index (χ2n) is 3.13. The van der Waals surface area contributed by atoms with Crippen molar-refractivity contribution >= 4 is 5.91 Å². The summed E-state index contributed by atoms with van der Waals surface area (Å²) in [6.45, 7) is 1.86. The molecule has 0 spiro atoms. The van der Waals surface area contributed by atoms with E-state index in [9.17, 15) is 13.6 Å². The van der Waals surface area contributed by atoms with Gasteiger partial charge in [0, 0.05) is 0 Å². The molecular weight excluding hydrogens is 178 g/mol. The molecule has 0 aromatic rings. The predicted octanol–water partition coefficient (Wildman–Crippen LogP) is 0.108. The molecule has 0 aliphatic heterocycles. The molecule has 3 N–H and O–H groups in total. The number of hydrogen-bond donors (Lipinski definition) is 2. The molecule has 0 radical (unpaired) electrons. The SMILES string of the molecule is C#CC(C)(C)NC(=O)C(F)(F)CN. The number of rotatable bonds is 3. The Bertz CT molecular complexity index is 243. The topological polar surface area (TPSA) is 55.1 Å². The zero-order chi connectivity index (χ0) is 10.7. The van der Waals surface area contributed by atoms with Gasteiger partial charge in [-0.25, -0.2) is 0 Å². The van der Waals surface area contributed by atoms with Gasteiger partial charge in [0.25, 0.3) is 5.91 Å². The first-order valence-corrected chi connectivity index (χ1v) is 3.63. The van der Waals surface area contributed by atoms with E-state index in [4.69, 9.17) is 12.2 Å². The van der Waals surface area contributed by atoms with E-state index >= 15 is 0 Å². The van der Waals surface area contributed by atoms with Crippen LogP contribution in [0.15, 0.2) is 0 Å². The van der Waals surface area contributed by atoms with E-state index in [1.165, 1.54) is 13.8 Å². The summed E-state index contributed by atoms with van der Waals surface area (Å²) in [6.07, 6.45) is 5.00. The molecule has 74 valence electrons. The molecule has 0 aliphatic carbocycles. The van der Waals surface area contributed by atoms with Crippen molar-refractivity contribution < 1.29 is 13.6 Å². The van der Waals surface area contributed by atoms with Gasteiger partial charge in [0.1, 0.15) is 0 Å². The molecule has 0 rings (SSSR count). The highest BCUT2D eigenvalue weighted by molar-refractivity contribution is 5.84. The average molecular weight is 190 g/mol. The minimum absolute atomic E-state index is 1.03.